The van der Waals surface area contributed by atoms with Crippen LogP contribution in [0, 0.1) is 19.6 Å². The second kappa shape index (κ2) is 10.8. The van der Waals surface area contributed by atoms with Crippen molar-refractivity contribution in [3.05, 3.63) is 91.3 Å². The Hall–Kier alpha value is -3.16. The van der Waals surface area contributed by atoms with Gasteiger partial charge in [-0.05, 0) is 52.8 Å². The quantitative estimate of drug-likeness (QED) is 0.157. The molecule has 0 fully saturated rings. The van der Waals surface area contributed by atoms with E-state index >= 15 is 0 Å². The predicted octanol–water partition coefficient (Wildman–Crippen LogP) is 3.34. The smallest absolute Gasteiger partial charge is 0.269 e. The maximum atomic E-state index is 13.6. The number of aliphatic hydroxyl groups excluding tert-OH is 1. The third-order valence-corrected chi connectivity index (χ3v) is 7.00. The van der Waals surface area contributed by atoms with Gasteiger partial charge < -0.3 is 15.1 Å². The number of nitro benzene ring substituents is 1. The van der Waals surface area contributed by atoms with Gasteiger partial charge in [-0.1, -0.05) is 36.4 Å². The average molecular weight is 603 g/mol. The molecule has 11 heteroatoms. The van der Waals surface area contributed by atoms with Crippen molar-refractivity contribution in [1.29, 1.82) is 0 Å². The van der Waals surface area contributed by atoms with Gasteiger partial charge in [0.1, 0.15) is 0 Å². The summed E-state index contributed by atoms with van der Waals surface area (Å²) >= 11 is 2.20. The Balaban J connectivity index is 1.57. The van der Waals surface area contributed by atoms with Crippen molar-refractivity contribution >= 4 is 39.9 Å². The normalized spacial score (nSPS) is 18.1. The van der Waals surface area contributed by atoms with Crippen molar-refractivity contribution in [2.24, 2.45) is 5.92 Å². The van der Waals surface area contributed by atoms with Gasteiger partial charge in [0.25, 0.3) is 11.6 Å². The number of aromatic nitrogens is 3. The van der Waals surface area contributed by atoms with E-state index in [0.29, 0.717) is 30.8 Å². The van der Waals surface area contributed by atoms with Gasteiger partial charge in [0.05, 0.1) is 22.8 Å². The maximum Gasteiger partial charge on any atom is 0.269 e. The van der Waals surface area contributed by atoms with Crippen LogP contribution in [0.1, 0.15) is 30.2 Å². The van der Waals surface area contributed by atoms with Crippen LogP contribution >= 0.6 is 22.6 Å². The second-order valence-electron chi connectivity index (χ2n) is 8.69. The molecule has 0 bridgehead atoms. The van der Waals surface area contributed by atoms with Crippen LogP contribution in [-0.2, 0) is 29.9 Å². The van der Waals surface area contributed by atoms with Crippen molar-refractivity contribution < 1.29 is 19.9 Å². The van der Waals surface area contributed by atoms with E-state index in [1.165, 1.54) is 23.1 Å². The molecule has 0 saturated heterocycles. The first-order valence-electron chi connectivity index (χ1n) is 11.5. The van der Waals surface area contributed by atoms with Crippen LogP contribution in [0.25, 0.3) is 0 Å². The zero-order valence-corrected chi connectivity index (χ0v) is 21.8. The first kappa shape index (κ1) is 25.9. The number of amides is 1. The molecular weight excluding hydrogens is 577 g/mol. The minimum Gasteiger partial charge on any atom is -0.396 e. The highest BCUT2D eigenvalue weighted by Crippen LogP contribution is 2.47. The second-order valence-corrected chi connectivity index (χ2v) is 9.94. The van der Waals surface area contributed by atoms with Gasteiger partial charge in [-0.25, -0.2) is 0 Å². The van der Waals surface area contributed by atoms with Gasteiger partial charge in [0, 0.05) is 53.0 Å². The van der Waals surface area contributed by atoms with E-state index in [-0.39, 0.29) is 24.4 Å². The van der Waals surface area contributed by atoms with Crippen molar-refractivity contribution in [3.8, 4) is 0 Å². The van der Waals surface area contributed by atoms with Crippen molar-refractivity contribution in [2.45, 2.75) is 38.5 Å². The summed E-state index contributed by atoms with van der Waals surface area (Å²) in [7, 11) is 0. The molecule has 36 heavy (non-hydrogen) atoms. The third kappa shape index (κ3) is 5.18. The number of aliphatic hydroxyl groups is 2. The molecule has 1 aromatic heterocycles. The number of benzene rings is 2. The van der Waals surface area contributed by atoms with E-state index in [0.717, 1.165) is 9.13 Å². The number of nitro groups is 1. The minimum absolute atomic E-state index is 0.00293. The molecule has 1 aliphatic heterocycles. The Labute approximate surface area is 221 Å². The fourth-order valence-electron chi connectivity index (χ4n) is 4.30. The van der Waals surface area contributed by atoms with E-state index in [1.807, 2.05) is 30.3 Å². The Morgan fingerprint density at radius 3 is 2.69 bits per heavy atom. The molecule has 0 aliphatic carbocycles. The number of hydrogen-bond donors (Lipinski definition) is 2. The van der Waals surface area contributed by atoms with Crippen LogP contribution in [0.4, 0.5) is 11.4 Å². The van der Waals surface area contributed by atoms with Gasteiger partial charge in [0.15, 0.2) is 5.60 Å². The molecule has 4 rings (SSSR count). The Kier molecular flexibility index (Phi) is 7.81. The summed E-state index contributed by atoms with van der Waals surface area (Å²) in [5.74, 6) is -1.16. The number of non-ortho nitro benzene ring substituents is 1. The summed E-state index contributed by atoms with van der Waals surface area (Å²) in [5, 5.41) is 40.2. The van der Waals surface area contributed by atoms with Crippen LogP contribution in [0.5, 0.6) is 0 Å². The van der Waals surface area contributed by atoms with Gasteiger partial charge in [-0.3, -0.25) is 19.6 Å². The minimum atomic E-state index is -1.94. The first-order valence-corrected chi connectivity index (χ1v) is 12.6. The molecule has 0 saturated carbocycles. The highest BCUT2D eigenvalue weighted by molar-refractivity contribution is 14.1. The van der Waals surface area contributed by atoms with Crippen LogP contribution in [0.15, 0.2) is 60.8 Å². The third-order valence-electron chi connectivity index (χ3n) is 6.28. The summed E-state index contributed by atoms with van der Waals surface area (Å²) in [6.07, 6.45) is 6.37. The molecular formula is C25H26IN5O5. The molecule has 0 radical (unpaired) electrons. The summed E-state index contributed by atoms with van der Waals surface area (Å²) in [4.78, 5) is 26.0. The van der Waals surface area contributed by atoms with Crippen LogP contribution < -0.4 is 4.90 Å². The number of nitrogens with zero attached hydrogens (tertiary/aromatic N) is 5. The molecule has 2 aromatic carbocycles. The number of anilines is 1. The Morgan fingerprint density at radius 1 is 1.25 bits per heavy atom. The molecule has 1 aliphatic rings. The highest BCUT2D eigenvalue weighted by atomic mass is 127. The standard InChI is InChI=1S/C25H26IN5O5/c1-17(4-2-3-12-29-16-20(11-13-32)27-28-29)25(34)22-14-21(31(35)36)9-10-23(22)30(24(25)33)15-18-5-7-19(26)8-6-18/h2,4-10,14,16-17,32,34H,3,11-13,15H2,1H3/b4-2+/t17-,25+/m1/s1. The van der Waals surface area contributed by atoms with Gasteiger partial charge in [0.2, 0.25) is 0 Å². The van der Waals surface area contributed by atoms with E-state index < -0.39 is 22.3 Å². The lowest BCUT2D eigenvalue weighted by Crippen LogP contribution is -2.44. The summed E-state index contributed by atoms with van der Waals surface area (Å²) in [6, 6.07) is 11.9. The lowest BCUT2D eigenvalue weighted by atomic mass is 9.82. The monoisotopic (exact) mass is 603 g/mol. The zero-order chi connectivity index (χ0) is 25.9. The Bertz CT molecular complexity index is 1290. The molecule has 2 N–H and O–H groups in total. The summed E-state index contributed by atoms with van der Waals surface area (Å²) < 4.78 is 2.72. The SMILES string of the molecule is C[C@H](/C=C/CCn1cc(CCO)nn1)[C@@]1(O)C(=O)N(Cc2ccc(I)cc2)c2ccc([N+](=O)[O-])cc21. The van der Waals surface area contributed by atoms with E-state index in [1.54, 1.807) is 23.9 Å². The number of rotatable bonds is 10. The molecule has 2 atom stereocenters. The lowest BCUT2D eigenvalue weighted by molar-refractivity contribution is -0.385. The van der Waals surface area contributed by atoms with E-state index in [2.05, 4.69) is 32.9 Å². The number of hydrogen-bond acceptors (Lipinski definition) is 7. The molecule has 188 valence electrons. The number of fused-ring (bicyclic) bond motifs is 1. The maximum absolute atomic E-state index is 13.6. The van der Waals surface area contributed by atoms with Crippen molar-refractivity contribution in [3.63, 3.8) is 0 Å². The fourth-order valence-corrected chi connectivity index (χ4v) is 4.66. The van der Waals surface area contributed by atoms with Crippen molar-refractivity contribution in [1.82, 2.24) is 15.0 Å². The van der Waals surface area contributed by atoms with Gasteiger partial charge >= 0.3 is 0 Å². The molecule has 0 unspecified atom stereocenters. The highest BCUT2D eigenvalue weighted by Gasteiger charge is 2.53. The number of halogens is 1. The summed E-state index contributed by atoms with van der Waals surface area (Å²) in [5.41, 5.74) is 0.154. The number of carbonyl (C=O) groups is 1. The topological polar surface area (TPSA) is 135 Å². The van der Waals surface area contributed by atoms with Gasteiger partial charge in [-0.2, -0.15) is 0 Å². The molecule has 10 nitrogen and oxygen atoms in total. The van der Waals surface area contributed by atoms with Crippen LogP contribution in [-0.4, -0.2) is 42.6 Å². The lowest BCUT2D eigenvalue weighted by Gasteiger charge is -2.27. The van der Waals surface area contributed by atoms with E-state index in [9.17, 15) is 20.0 Å². The largest absolute Gasteiger partial charge is 0.396 e. The molecule has 3 aromatic rings. The predicted molar refractivity (Wildman–Crippen MR) is 141 cm³/mol. The fraction of sp³-hybridized carbons (Fsp3) is 0.320. The number of allylic oxidation sites excluding steroid dienone is 1. The average Bonchev–Trinajstić information content (AvgIpc) is 3.40. The van der Waals surface area contributed by atoms with Crippen LogP contribution in [0.2, 0.25) is 0 Å². The van der Waals surface area contributed by atoms with Crippen molar-refractivity contribution in [2.75, 3.05) is 11.5 Å². The summed E-state index contributed by atoms with van der Waals surface area (Å²) in [6.45, 7) is 2.50. The van der Waals surface area contributed by atoms with E-state index in [4.69, 9.17) is 5.11 Å². The Morgan fingerprint density at radius 2 is 2.00 bits per heavy atom. The molecule has 1 amide bonds. The number of carbonyl (C=O) groups excluding carboxylic acids is 1. The number of aryl methyl sites for hydroxylation is 1. The molecule has 2 heterocycles. The zero-order valence-electron chi connectivity index (χ0n) is 19.6. The first-order chi connectivity index (χ1) is 17.2. The molecule has 0 spiro atoms. The van der Waals surface area contributed by atoms with Crippen LogP contribution in [0.3, 0.4) is 0 Å². The van der Waals surface area contributed by atoms with Gasteiger partial charge in [-0.15, -0.1) is 5.10 Å².